The summed E-state index contributed by atoms with van der Waals surface area (Å²) in [7, 11) is 0. The van der Waals surface area contributed by atoms with Gasteiger partial charge in [-0.3, -0.25) is 4.79 Å². The molecule has 7 heteroatoms. The van der Waals surface area contributed by atoms with Gasteiger partial charge in [0.05, 0.1) is 12.2 Å². The van der Waals surface area contributed by atoms with E-state index in [9.17, 15) is 4.79 Å². The summed E-state index contributed by atoms with van der Waals surface area (Å²) >= 11 is 1.22. The molecule has 1 aliphatic rings. The number of rotatable bonds is 5. The van der Waals surface area contributed by atoms with Gasteiger partial charge < -0.3 is 14.4 Å². The number of carbonyl (C=O) groups excluding carboxylic acids is 1. The van der Waals surface area contributed by atoms with E-state index in [-0.39, 0.29) is 18.1 Å². The molecule has 0 spiro atoms. The molecule has 0 bridgehead atoms. The van der Waals surface area contributed by atoms with Crippen molar-refractivity contribution >= 4 is 17.4 Å². The largest absolute Gasteiger partial charge is 0.430 e. The Bertz CT molecular complexity index is 1010. The van der Waals surface area contributed by atoms with Crippen molar-refractivity contribution in [2.24, 2.45) is 0 Å². The van der Waals surface area contributed by atoms with Crippen LogP contribution in [0.5, 0.6) is 10.9 Å². The fourth-order valence-corrected chi connectivity index (χ4v) is 4.16. The summed E-state index contributed by atoms with van der Waals surface area (Å²) in [6.07, 6.45) is 0.720. The summed E-state index contributed by atoms with van der Waals surface area (Å²) in [4.78, 5) is 19.3. The monoisotopic (exact) mass is 423 g/mol. The van der Waals surface area contributed by atoms with Gasteiger partial charge in [-0.25, -0.2) is 0 Å². The minimum atomic E-state index is -0.0103. The summed E-state index contributed by atoms with van der Waals surface area (Å²) in [6, 6.07) is 15.6. The van der Waals surface area contributed by atoms with Crippen LogP contribution in [-0.4, -0.2) is 45.5 Å². The van der Waals surface area contributed by atoms with Crippen molar-refractivity contribution in [1.29, 1.82) is 0 Å². The molecule has 1 fully saturated rings. The number of aryl methyl sites for hydroxylation is 1. The van der Waals surface area contributed by atoms with Crippen molar-refractivity contribution in [3.63, 3.8) is 0 Å². The number of ether oxygens (including phenoxy) is 2. The van der Waals surface area contributed by atoms with E-state index in [1.807, 2.05) is 68.1 Å². The highest BCUT2D eigenvalue weighted by Crippen LogP contribution is 2.28. The number of aromatic nitrogens is 2. The molecule has 156 valence electrons. The number of hydrogen-bond acceptors (Lipinski definition) is 6. The maximum Gasteiger partial charge on any atom is 0.298 e. The molecule has 2 atom stereocenters. The van der Waals surface area contributed by atoms with Crippen LogP contribution in [0.1, 0.15) is 41.2 Å². The molecule has 2 heterocycles. The number of nitrogens with zero attached hydrogens (tertiary/aromatic N) is 3. The summed E-state index contributed by atoms with van der Waals surface area (Å²) < 4.78 is 16.1. The quantitative estimate of drug-likeness (QED) is 0.605. The second-order valence-electron chi connectivity index (χ2n) is 7.69. The molecule has 1 aromatic heterocycles. The molecular formula is C23H25N3O3S. The lowest BCUT2D eigenvalue weighted by molar-refractivity contribution is -0.0586. The zero-order valence-corrected chi connectivity index (χ0v) is 18.2. The molecule has 1 aliphatic heterocycles. The van der Waals surface area contributed by atoms with Crippen LogP contribution in [-0.2, 0) is 11.2 Å². The molecule has 0 radical (unpaired) electrons. The van der Waals surface area contributed by atoms with Crippen molar-refractivity contribution in [3.05, 3.63) is 71.0 Å². The molecule has 0 unspecified atom stereocenters. The van der Waals surface area contributed by atoms with Crippen LogP contribution < -0.4 is 4.74 Å². The molecule has 0 N–H and O–H groups in total. The van der Waals surface area contributed by atoms with Gasteiger partial charge in [-0.1, -0.05) is 36.4 Å². The van der Waals surface area contributed by atoms with Crippen LogP contribution in [0.25, 0.3) is 0 Å². The van der Waals surface area contributed by atoms with E-state index in [2.05, 4.69) is 9.36 Å². The lowest BCUT2D eigenvalue weighted by Crippen LogP contribution is -2.48. The molecule has 6 nitrogen and oxygen atoms in total. The third-order valence-electron chi connectivity index (χ3n) is 4.99. The Morgan fingerprint density at radius 1 is 1.17 bits per heavy atom. The van der Waals surface area contributed by atoms with Crippen LogP contribution in [0.3, 0.4) is 0 Å². The van der Waals surface area contributed by atoms with Gasteiger partial charge in [-0.2, -0.15) is 9.36 Å². The van der Waals surface area contributed by atoms with Gasteiger partial charge in [-0.05, 0) is 44.0 Å². The van der Waals surface area contributed by atoms with E-state index in [1.54, 1.807) is 6.07 Å². The fourth-order valence-electron chi connectivity index (χ4n) is 3.59. The van der Waals surface area contributed by atoms with Gasteiger partial charge in [0.2, 0.25) is 0 Å². The van der Waals surface area contributed by atoms with E-state index >= 15 is 0 Å². The lowest BCUT2D eigenvalue weighted by atomic mass is 10.1. The van der Waals surface area contributed by atoms with Gasteiger partial charge in [0.25, 0.3) is 11.1 Å². The number of carbonyl (C=O) groups is 1. The average Bonchev–Trinajstić information content (AvgIpc) is 3.16. The van der Waals surface area contributed by atoms with Crippen molar-refractivity contribution in [3.8, 4) is 10.9 Å². The first kappa shape index (κ1) is 20.5. The van der Waals surface area contributed by atoms with E-state index in [4.69, 9.17) is 9.47 Å². The number of morpholine rings is 1. The maximum absolute atomic E-state index is 13.0. The van der Waals surface area contributed by atoms with Crippen LogP contribution >= 0.6 is 11.5 Å². The SMILES string of the molecule is Cc1ccc(C(=O)N2C[C@@H](C)O[C@H](C)C2)cc1Oc1nc(Cc2ccccc2)ns1. The third-order valence-corrected chi connectivity index (χ3v) is 5.63. The Hall–Kier alpha value is -2.77. The topological polar surface area (TPSA) is 64.6 Å². The number of amides is 1. The van der Waals surface area contributed by atoms with E-state index in [1.165, 1.54) is 11.5 Å². The number of hydrogen-bond donors (Lipinski definition) is 0. The van der Waals surface area contributed by atoms with Gasteiger partial charge in [0.1, 0.15) is 5.75 Å². The molecule has 1 saturated heterocycles. The van der Waals surface area contributed by atoms with Crippen molar-refractivity contribution < 1.29 is 14.3 Å². The molecule has 4 rings (SSSR count). The molecule has 0 aliphatic carbocycles. The van der Waals surface area contributed by atoms with Crippen LogP contribution in [0.2, 0.25) is 0 Å². The predicted molar refractivity (Wildman–Crippen MR) is 116 cm³/mol. The highest BCUT2D eigenvalue weighted by atomic mass is 32.1. The van der Waals surface area contributed by atoms with Crippen molar-refractivity contribution in [2.75, 3.05) is 13.1 Å². The van der Waals surface area contributed by atoms with Crippen LogP contribution in [0.4, 0.5) is 0 Å². The minimum Gasteiger partial charge on any atom is -0.430 e. The second kappa shape index (κ2) is 8.93. The van der Waals surface area contributed by atoms with Crippen molar-refractivity contribution in [2.45, 2.75) is 39.4 Å². The van der Waals surface area contributed by atoms with Gasteiger partial charge >= 0.3 is 0 Å². The normalized spacial score (nSPS) is 19.0. The summed E-state index contributed by atoms with van der Waals surface area (Å²) in [5.41, 5.74) is 2.69. The first-order valence-electron chi connectivity index (χ1n) is 10.1. The predicted octanol–water partition coefficient (Wildman–Crippen LogP) is 4.48. The maximum atomic E-state index is 13.0. The smallest absolute Gasteiger partial charge is 0.298 e. The minimum absolute atomic E-state index is 0.0103. The molecule has 1 amide bonds. The highest BCUT2D eigenvalue weighted by molar-refractivity contribution is 7.07. The van der Waals surface area contributed by atoms with Crippen LogP contribution in [0.15, 0.2) is 48.5 Å². The molecule has 2 aromatic carbocycles. The molecule has 0 saturated carbocycles. The van der Waals surface area contributed by atoms with E-state index in [0.717, 1.165) is 17.0 Å². The first-order valence-corrected chi connectivity index (χ1v) is 10.8. The molecule has 30 heavy (non-hydrogen) atoms. The second-order valence-corrected chi connectivity index (χ2v) is 8.40. The Balaban J connectivity index is 1.48. The Morgan fingerprint density at radius 3 is 2.63 bits per heavy atom. The van der Waals surface area contributed by atoms with E-state index in [0.29, 0.717) is 36.0 Å². The van der Waals surface area contributed by atoms with Crippen molar-refractivity contribution in [1.82, 2.24) is 14.3 Å². The number of benzene rings is 2. The van der Waals surface area contributed by atoms with Crippen LogP contribution in [0, 0.1) is 6.92 Å². The lowest BCUT2D eigenvalue weighted by Gasteiger charge is -2.35. The zero-order chi connectivity index (χ0) is 21.1. The summed E-state index contributed by atoms with van der Waals surface area (Å²) in [6.45, 7) is 7.11. The molecule has 3 aromatic rings. The summed E-state index contributed by atoms with van der Waals surface area (Å²) in [5.74, 6) is 1.34. The van der Waals surface area contributed by atoms with Gasteiger partial charge in [0.15, 0.2) is 5.82 Å². The highest BCUT2D eigenvalue weighted by Gasteiger charge is 2.27. The molecular weight excluding hydrogens is 398 g/mol. The Morgan fingerprint density at radius 2 is 1.90 bits per heavy atom. The van der Waals surface area contributed by atoms with Gasteiger partial charge in [0, 0.05) is 36.6 Å². The van der Waals surface area contributed by atoms with Gasteiger partial charge in [-0.15, -0.1) is 0 Å². The Labute approximate surface area is 180 Å². The zero-order valence-electron chi connectivity index (χ0n) is 17.4. The standard InChI is InChI=1S/C23H25N3O3S/c1-15-9-10-19(22(27)26-13-16(2)28-17(3)14-26)12-20(15)29-23-24-21(25-30-23)11-18-7-5-4-6-8-18/h4-10,12,16-17H,11,13-14H2,1-3H3/t16-,17-/m1/s1. The Kier molecular flexibility index (Phi) is 6.11. The third kappa shape index (κ3) is 4.86. The fraction of sp³-hybridized carbons (Fsp3) is 0.348. The first-order chi connectivity index (χ1) is 14.5. The average molecular weight is 424 g/mol. The van der Waals surface area contributed by atoms with E-state index < -0.39 is 0 Å². The summed E-state index contributed by atoms with van der Waals surface area (Å²) in [5, 5.41) is 0.474.